The number of aliphatic hydroxyl groups is 1. The number of hydrogen-bond acceptors (Lipinski definition) is 5. The van der Waals surface area contributed by atoms with Crippen LogP contribution in [0.5, 0.6) is 0 Å². The van der Waals surface area contributed by atoms with E-state index < -0.39 is 6.10 Å². The van der Waals surface area contributed by atoms with Crippen molar-refractivity contribution in [2.24, 2.45) is 0 Å². The summed E-state index contributed by atoms with van der Waals surface area (Å²) in [4.78, 5) is 19.2. The lowest BCUT2D eigenvalue weighted by Crippen LogP contribution is -2.53. The number of β-amino-alcohol motifs (C(OH)–C–C–N with tert-alkyl or cyclic N) is 1. The Kier molecular flexibility index (Phi) is 6.95. The summed E-state index contributed by atoms with van der Waals surface area (Å²) < 4.78 is 6.06. The molecule has 178 valence electrons. The molecule has 2 aromatic carbocycles. The van der Waals surface area contributed by atoms with Crippen molar-refractivity contribution >= 4 is 29.1 Å². The van der Waals surface area contributed by atoms with Crippen molar-refractivity contribution in [1.82, 2.24) is 14.7 Å². The van der Waals surface area contributed by atoms with Crippen molar-refractivity contribution in [1.29, 1.82) is 0 Å². The van der Waals surface area contributed by atoms with Crippen LogP contribution in [0.3, 0.4) is 0 Å². The molecule has 2 unspecified atom stereocenters. The summed E-state index contributed by atoms with van der Waals surface area (Å²) >= 11 is 11.9. The SMILES string of the molecule is O=C(c1ccc(Cl)cc1)N1CC(O)C(N2CCN(Cc3ccc(-c4ccc(Cl)cc4)o3)CC2)C1. The predicted octanol–water partition coefficient (Wildman–Crippen LogP) is 4.26. The number of likely N-dealkylation sites (tertiary alicyclic amines) is 1. The van der Waals surface area contributed by atoms with Crippen molar-refractivity contribution in [3.8, 4) is 11.3 Å². The molecule has 2 saturated heterocycles. The third-order valence-corrected chi connectivity index (χ3v) is 7.19. The number of amides is 1. The minimum Gasteiger partial charge on any atom is -0.460 e. The van der Waals surface area contributed by atoms with Crippen molar-refractivity contribution < 1.29 is 14.3 Å². The molecule has 0 saturated carbocycles. The molecule has 2 aliphatic rings. The van der Waals surface area contributed by atoms with E-state index in [0.717, 1.165) is 49.8 Å². The Bertz CT molecular complexity index is 1120. The minimum atomic E-state index is -0.546. The number of benzene rings is 2. The second kappa shape index (κ2) is 10.1. The maximum atomic E-state index is 12.8. The zero-order valence-electron chi connectivity index (χ0n) is 18.7. The molecule has 1 aromatic heterocycles. The summed E-state index contributed by atoms with van der Waals surface area (Å²) in [5.74, 6) is 1.70. The number of piperazine rings is 1. The molecule has 2 atom stereocenters. The third-order valence-electron chi connectivity index (χ3n) is 6.68. The Morgan fingerprint density at radius 1 is 0.882 bits per heavy atom. The fourth-order valence-electron chi connectivity index (χ4n) is 4.77. The van der Waals surface area contributed by atoms with Gasteiger partial charge >= 0.3 is 0 Å². The smallest absolute Gasteiger partial charge is 0.253 e. The molecule has 6 nitrogen and oxygen atoms in total. The number of aliphatic hydroxyl groups excluding tert-OH is 1. The predicted molar refractivity (Wildman–Crippen MR) is 133 cm³/mol. The lowest BCUT2D eigenvalue weighted by atomic mass is 10.1. The van der Waals surface area contributed by atoms with Crippen LogP contribution in [0.15, 0.2) is 65.1 Å². The van der Waals surface area contributed by atoms with E-state index in [-0.39, 0.29) is 11.9 Å². The van der Waals surface area contributed by atoms with Gasteiger partial charge in [0, 0.05) is 60.4 Å². The van der Waals surface area contributed by atoms with Crippen LogP contribution in [-0.2, 0) is 6.54 Å². The summed E-state index contributed by atoms with van der Waals surface area (Å²) in [6.07, 6.45) is -0.546. The van der Waals surface area contributed by atoms with Gasteiger partial charge in [-0.3, -0.25) is 14.6 Å². The normalized spacial score (nSPS) is 21.8. The average molecular weight is 500 g/mol. The fourth-order valence-corrected chi connectivity index (χ4v) is 5.03. The Labute approximate surface area is 209 Å². The van der Waals surface area contributed by atoms with Gasteiger partial charge in [-0.15, -0.1) is 0 Å². The quantitative estimate of drug-likeness (QED) is 0.568. The van der Waals surface area contributed by atoms with Gasteiger partial charge in [-0.05, 0) is 60.7 Å². The summed E-state index contributed by atoms with van der Waals surface area (Å²) in [6.45, 7) is 5.08. The number of carbonyl (C=O) groups is 1. The molecule has 34 heavy (non-hydrogen) atoms. The minimum absolute atomic E-state index is 0.0430. The maximum Gasteiger partial charge on any atom is 0.253 e. The zero-order chi connectivity index (χ0) is 23.7. The van der Waals surface area contributed by atoms with E-state index in [2.05, 4.69) is 9.80 Å². The van der Waals surface area contributed by atoms with Crippen LogP contribution >= 0.6 is 23.2 Å². The van der Waals surface area contributed by atoms with Gasteiger partial charge in [0.15, 0.2) is 0 Å². The summed E-state index contributed by atoms with van der Waals surface area (Å²) in [7, 11) is 0. The molecule has 5 rings (SSSR count). The van der Waals surface area contributed by atoms with Gasteiger partial charge in [-0.1, -0.05) is 23.2 Å². The largest absolute Gasteiger partial charge is 0.460 e. The number of nitrogens with zero attached hydrogens (tertiary/aromatic N) is 3. The standard InChI is InChI=1S/C26H27Cl2N3O3/c27-20-5-1-18(2-6-20)25-10-9-22(34-25)15-29-11-13-30(14-12-29)23-16-31(17-24(23)32)26(33)19-3-7-21(28)8-4-19/h1-10,23-24,32H,11-17H2. The van der Waals surface area contributed by atoms with Crippen molar-refractivity contribution in [3.05, 3.63) is 82.0 Å². The Morgan fingerprint density at radius 3 is 2.21 bits per heavy atom. The molecular weight excluding hydrogens is 473 g/mol. The zero-order valence-corrected chi connectivity index (χ0v) is 20.3. The van der Waals surface area contributed by atoms with Gasteiger partial charge in [0.05, 0.1) is 18.7 Å². The molecule has 8 heteroatoms. The maximum absolute atomic E-state index is 12.8. The summed E-state index contributed by atoms with van der Waals surface area (Å²) in [5, 5.41) is 12.0. The summed E-state index contributed by atoms with van der Waals surface area (Å²) in [6, 6.07) is 18.5. The molecule has 1 N–H and O–H groups in total. The monoisotopic (exact) mass is 499 g/mol. The average Bonchev–Trinajstić information content (AvgIpc) is 3.47. The molecule has 3 heterocycles. The van der Waals surface area contributed by atoms with E-state index in [1.165, 1.54) is 0 Å². The second-order valence-corrected chi connectivity index (χ2v) is 9.81. The first-order chi connectivity index (χ1) is 16.5. The van der Waals surface area contributed by atoms with Gasteiger partial charge in [-0.2, -0.15) is 0 Å². The van der Waals surface area contributed by atoms with Crippen LogP contribution in [0.1, 0.15) is 16.1 Å². The topological polar surface area (TPSA) is 60.2 Å². The Hall–Kier alpha value is -2.35. The summed E-state index contributed by atoms with van der Waals surface area (Å²) in [5.41, 5.74) is 1.60. The second-order valence-electron chi connectivity index (χ2n) is 8.94. The van der Waals surface area contributed by atoms with Gasteiger partial charge in [0.1, 0.15) is 11.5 Å². The van der Waals surface area contributed by atoms with Crippen LogP contribution < -0.4 is 0 Å². The van der Waals surface area contributed by atoms with Gasteiger partial charge in [0.2, 0.25) is 0 Å². The number of furan rings is 1. The third kappa shape index (κ3) is 5.16. The van der Waals surface area contributed by atoms with E-state index in [1.807, 2.05) is 36.4 Å². The highest BCUT2D eigenvalue weighted by molar-refractivity contribution is 6.30. The van der Waals surface area contributed by atoms with Crippen molar-refractivity contribution in [2.45, 2.75) is 18.7 Å². The van der Waals surface area contributed by atoms with Gasteiger partial charge in [0.25, 0.3) is 5.91 Å². The molecule has 2 fully saturated rings. The molecular formula is C26H27Cl2N3O3. The van der Waals surface area contributed by atoms with E-state index in [1.54, 1.807) is 29.2 Å². The first-order valence-electron chi connectivity index (χ1n) is 11.5. The van der Waals surface area contributed by atoms with Crippen molar-refractivity contribution in [3.63, 3.8) is 0 Å². The van der Waals surface area contributed by atoms with Crippen LogP contribution in [0.4, 0.5) is 0 Å². The van der Waals surface area contributed by atoms with Gasteiger partial charge in [-0.25, -0.2) is 0 Å². The molecule has 1 amide bonds. The highest BCUT2D eigenvalue weighted by Crippen LogP contribution is 2.25. The van der Waals surface area contributed by atoms with Gasteiger partial charge < -0.3 is 14.4 Å². The number of rotatable bonds is 5. The van der Waals surface area contributed by atoms with E-state index >= 15 is 0 Å². The number of hydrogen-bond donors (Lipinski definition) is 1. The van der Waals surface area contributed by atoms with Crippen LogP contribution in [0, 0.1) is 0 Å². The lowest BCUT2D eigenvalue weighted by Gasteiger charge is -2.38. The Balaban J connectivity index is 1.14. The number of halogens is 2. The first kappa shape index (κ1) is 23.4. The molecule has 0 spiro atoms. The highest BCUT2D eigenvalue weighted by atomic mass is 35.5. The lowest BCUT2D eigenvalue weighted by molar-refractivity contribution is 0.0406. The van der Waals surface area contributed by atoms with Crippen LogP contribution in [-0.4, -0.2) is 77.1 Å². The molecule has 0 bridgehead atoms. The Morgan fingerprint density at radius 2 is 1.53 bits per heavy atom. The fraction of sp³-hybridized carbons (Fsp3) is 0.346. The van der Waals surface area contributed by atoms with Crippen molar-refractivity contribution in [2.75, 3.05) is 39.3 Å². The molecule has 0 aliphatic carbocycles. The van der Waals surface area contributed by atoms with E-state index in [0.29, 0.717) is 28.7 Å². The van der Waals surface area contributed by atoms with Crippen LogP contribution in [0.2, 0.25) is 10.0 Å². The number of carbonyl (C=O) groups excluding carboxylic acids is 1. The van der Waals surface area contributed by atoms with E-state index in [4.69, 9.17) is 27.6 Å². The molecule has 0 radical (unpaired) electrons. The highest BCUT2D eigenvalue weighted by Gasteiger charge is 2.38. The molecule has 2 aliphatic heterocycles. The van der Waals surface area contributed by atoms with E-state index in [9.17, 15) is 9.90 Å². The molecule has 3 aromatic rings. The van der Waals surface area contributed by atoms with Crippen LogP contribution in [0.25, 0.3) is 11.3 Å². The first-order valence-corrected chi connectivity index (χ1v) is 12.3.